The Labute approximate surface area is 123 Å². The molecule has 3 rings (SSSR count). The average Bonchev–Trinajstić information content (AvgIpc) is 3.11. The van der Waals surface area contributed by atoms with E-state index in [0.29, 0.717) is 13.1 Å². The Morgan fingerprint density at radius 3 is 2.76 bits per heavy atom. The number of hydrogen-bond donors (Lipinski definition) is 1. The molecule has 1 spiro atoms. The summed E-state index contributed by atoms with van der Waals surface area (Å²) in [6.07, 6.45) is 4.94. The van der Waals surface area contributed by atoms with Gasteiger partial charge in [0, 0.05) is 6.54 Å². The van der Waals surface area contributed by atoms with Crippen LogP contribution in [0.1, 0.15) is 45.4 Å². The lowest BCUT2D eigenvalue weighted by atomic mass is 9.91. The summed E-state index contributed by atoms with van der Waals surface area (Å²) >= 11 is 0. The zero-order chi connectivity index (χ0) is 15.0. The van der Waals surface area contributed by atoms with Crippen molar-refractivity contribution in [1.82, 2.24) is 25.0 Å². The van der Waals surface area contributed by atoms with Crippen molar-refractivity contribution in [3.8, 4) is 0 Å². The van der Waals surface area contributed by atoms with Gasteiger partial charge >= 0.3 is 0 Å². The molecule has 1 unspecified atom stereocenters. The number of nitrogens with zero attached hydrogens (tertiary/aromatic N) is 4. The summed E-state index contributed by atoms with van der Waals surface area (Å²) in [5.74, 6) is 0.678. The summed E-state index contributed by atoms with van der Waals surface area (Å²) in [4.78, 5) is 31.0. The third-order valence-corrected chi connectivity index (χ3v) is 4.64. The van der Waals surface area contributed by atoms with Crippen LogP contribution in [0.25, 0.3) is 0 Å². The Morgan fingerprint density at radius 1 is 1.38 bits per heavy atom. The molecule has 2 heterocycles. The van der Waals surface area contributed by atoms with E-state index in [9.17, 15) is 9.59 Å². The predicted molar refractivity (Wildman–Crippen MR) is 75.0 cm³/mol. The normalized spacial score (nSPS) is 24.7. The molecule has 0 aromatic carbocycles. The fourth-order valence-electron chi connectivity index (χ4n) is 3.34. The molecule has 1 saturated heterocycles. The molecule has 1 aliphatic heterocycles. The van der Waals surface area contributed by atoms with Crippen molar-refractivity contribution in [2.45, 2.75) is 64.2 Å². The molecule has 1 aromatic rings. The van der Waals surface area contributed by atoms with Gasteiger partial charge in [-0.05, 0) is 26.7 Å². The SMILES string of the molecule is CCn1ncnc1CN1C(=O)C2(CCCC2)NC(=O)C1C. The maximum atomic E-state index is 12.9. The van der Waals surface area contributed by atoms with E-state index in [2.05, 4.69) is 15.4 Å². The van der Waals surface area contributed by atoms with Gasteiger partial charge in [0.2, 0.25) is 11.8 Å². The van der Waals surface area contributed by atoms with E-state index in [1.807, 2.05) is 6.92 Å². The van der Waals surface area contributed by atoms with Crippen molar-refractivity contribution in [2.24, 2.45) is 0 Å². The van der Waals surface area contributed by atoms with Crippen LogP contribution < -0.4 is 5.32 Å². The summed E-state index contributed by atoms with van der Waals surface area (Å²) in [5.41, 5.74) is -0.680. The third kappa shape index (κ3) is 2.20. The van der Waals surface area contributed by atoms with Gasteiger partial charge in [-0.25, -0.2) is 9.67 Å². The van der Waals surface area contributed by atoms with Crippen LogP contribution in [0.4, 0.5) is 0 Å². The highest BCUT2D eigenvalue weighted by Gasteiger charge is 2.51. The molecule has 1 aliphatic carbocycles. The summed E-state index contributed by atoms with van der Waals surface area (Å²) in [6, 6.07) is -0.467. The largest absolute Gasteiger partial charge is 0.340 e. The van der Waals surface area contributed by atoms with E-state index in [-0.39, 0.29) is 11.8 Å². The van der Waals surface area contributed by atoms with Crippen LogP contribution in [0.5, 0.6) is 0 Å². The van der Waals surface area contributed by atoms with Gasteiger partial charge in [-0.15, -0.1) is 0 Å². The van der Waals surface area contributed by atoms with Gasteiger partial charge in [0.05, 0.1) is 6.54 Å². The molecular formula is C14H21N5O2. The first-order chi connectivity index (χ1) is 10.1. The van der Waals surface area contributed by atoms with E-state index in [0.717, 1.165) is 31.5 Å². The van der Waals surface area contributed by atoms with Crippen LogP contribution in [0.15, 0.2) is 6.33 Å². The van der Waals surface area contributed by atoms with Gasteiger partial charge in [0.15, 0.2) is 0 Å². The Hall–Kier alpha value is -1.92. The van der Waals surface area contributed by atoms with E-state index < -0.39 is 11.6 Å². The molecule has 1 atom stereocenters. The first-order valence-corrected chi connectivity index (χ1v) is 7.57. The van der Waals surface area contributed by atoms with Crippen molar-refractivity contribution in [3.05, 3.63) is 12.2 Å². The monoisotopic (exact) mass is 291 g/mol. The molecule has 1 N–H and O–H groups in total. The molecule has 2 amide bonds. The molecular weight excluding hydrogens is 270 g/mol. The number of piperazine rings is 1. The highest BCUT2D eigenvalue weighted by atomic mass is 16.2. The van der Waals surface area contributed by atoms with Crippen LogP contribution in [-0.2, 0) is 22.7 Å². The molecule has 0 radical (unpaired) electrons. The van der Waals surface area contributed by atoms with Gasteiger partial charge in [0.25, 0.3) is 0 Å². The molecule has 2 aliphatic rings. The topological polar surface area (TPSA) is 80.1 Å². The van der Waals surface area contributed by atoms with Gasteiger partial charge in [-0.1, -0.05) is 12.8 Å². The number of rotatable bonds is 3. The number of aromatic nitrogens is 3. The summed E-state index contributed by atoms with van der Waals surface area (Å²) in [5, 5.41) is 7.08. The number of carbonyl (C=O) groups excluding carboxylic acids is 2. The third-order valence-electron chi connectivity index (χ3n) is 4.64. The minimum atomic E-state index is -0.680. The fourth-order valence-corrected chi connectivity index (χ4v) is 3.34. The zero-order valence-electron chi connectivity index (χ0n) is 12.5. The lowest BCUT2D eigenvalue weighted by molar-refractivity contribution is -0.155. The quantitative estimate of drug-likeness (QED) is 0.877. The molecule has 21 heavy (non-hydrogen) atoms. The van der Waals surface area contributed by atoms with Gasteiger partial charge in [-0.2, -0.15) is 5.10 Å². The van der Waals surface area contributed by atoms with Crippen molar-refractivity contribution < 1.29 is 9.59 Å². The molecule has 114 valence electrons. The second-order valence-corrected chi connectivity index (χ2v) is 5.88. The second kappa shape index (κ2) is 5.13. The number of amides is 2. The Bertz CT molecular complexity index is 561. The summed E-state index contributed by atoms with van der Waals surface area (Å²) in [7, 11) is 0. The minimum absolute atomic E-state index is 0.0257. The van der Waals surface area contributed by atoms with Crippen LogP contribution in [0, 0.1) is 0 Å². The van der Waals surface area contributed by atoms with E-state index in [4.69, 9.17) is 0 Å². The predicted octanol–water partition coefficient (Wildman–Crippen LogP) is 0.458. The van der Waals surface area contributed by atoms with E-state index in [1.165, 1.54) is 6.33 Å². The van der Waals surface area contributed by atoms with Crippen LogP contribution in [0.2, 0.25) is 0 Å². The highest BCUT2D eigenvalue weighted by molar-refractivity contribution is 5.99. The van der Waals surface area contributed by atoms with Crippen LogP contribution >= 0.6 is 0 Å². The number of hydrogen-bond acceptors (Lipinski definition) is 4. The smallest absolute Gasteiger partial charge is 0.249 e. The zero-order valence-corrected chi connectivity index (χ0v) is 12.5. The number of aryl methyl sites for hydroxylation is 1. The minimum Gasteiger partial charge on any atom is -0.340 e. The fraction of sp³-hybridized carbons (Fsp3) is 0.714. The molecule has 7 nitrogen and oxygen atoms in total. The van der Waals surface area contributed by atoms with Crippen molar-refractivity contribution >= 4 is 11.8 Å². The summed E-state index contributed by atoms with van der Waals surface area (Å²) < 4.78 is 1.76. The standard InChI is InChI=1S/C14H21N5O2/c1-3-19-11(15-9-16-19)8-18-10(2)12(20)17-14(13(18)21)6-4-5-7-14/h9-10H,3-8H2,1-2H3,(H,17,20). The van der Waals surface area contributed by atoms with E-state index >= 15 is 0 Å². The maximum absolute atomic E-state index is 12.9. The first-order valence-electron chi connectivity index (χ1n) is 7.57. The maximum Gasteiger partial charge on any atom is 0.249 e. The Balaban J connectivity index is 1.88. The van der Waals surface area contributed by atoms with Crippen molar-refractivity contribution in [3.63, 3.8) is 0 Å². The average molecular weight is 291 g/mol. The van der Waals surface area contributed by atoms with Crippen LogP contribution in [0.3, 0.4) is 0 Å². The lowest BCUT2D eigenvalue weighted by Crippen LogP contribution is -2.68. The number of carbonyl (C=O) groups is 2. The lowest BCUT2D eigenvalue weighted by Gasteiger charge is -2.43. The molecule has 1 saturated carbocycles. The van der Waals surface area contributed by atoms with Crippen LogP contribution in [-0.4, -0.2) is 43.1 Å². The molecule has 7 heteroatoms. The molecule has 1 aromatic heterocycles. The van der Waals surface area contributed by atoms with Gasteiger partial charge in [0.1, 0.15) is 23.7 Å². The van der Waals surface area contributed by atoms with Crippen molar-refractivity contribution in [2.75, 3.05) is 0 Å². The number of nitrogens with one attached hydrogen (secondary N) is 1. The highest BCUT2D eigenvalue weighted by Crippen LogP contribution is 2.35. The van der Waals surface area contributed by atoms with Gasteiger partial charge < -0.3 is 10.2 Å². The van der Waals surface area contributed by atoms with Crippen molar-refractivity contribution in [1.29, 1.82) is 0 Å². The van der Waals surface area contributed by atoms with E-state index in [1.54, 1.807) is 16.5 Å². The molecule has 0 bridgehead atoms. The Kier molecular flexibility index (Phi) is 3.43. The van der Waals surface area contributed by atoms with Gasteiger partial charge in [-0.3, -0.25) is 9.59 Å². The summed E-state index contributed by atoms with van der Waals surface area (Å²) in [6.45, 7) is 4.78. The second-order valence-electron chi connectivity index (χ2n) is 5.88. The Morgan fingerprint density at radius 2 is 2.10 bits per heavy atom. The molecule has 2 fully saturated rings. The first kappa shape index (κ1) is 14.0.